The molecule has 3 heterocycles. The van der Waals surface area contributed by atoms with Crippen molar-refractivity contribution in [2.24, 2.45) is 0 Å². The number of rotatable bonds is 1. The summed E-state index contributed by atoms with van der Waals surface area (Å²) >= 11 is 0. The average Bonchev–Trinajstić information content (AvgIpc) is 2.42. The summed E-state index contributed by atoms with van der Waals surface area (Å²) in [6.07, 6.45) is 1.67. The molecule has 3 rings (SSSR count). The van der Waals surface area contributed by atoms with Crippen LogP contribution in [0.5, 0.6) is 5.75 Å². The molecule has 20 heavy (non-hydrogen) atoms. The van der Waals surface area contributed by atoms with Gasteiger partial charge in [-0.2, -0.15) is 0 Å². The Hall–Kier alpha value is -2.35. The van der Waals surface area contributed by atoms with Crippen molar-refractivity contribution in [3.63, 3.8) is 0 Å². The predicted molar refractivity (Wildman–Crippen MR) is 66.8 cm³/mol. The zero-order chi connectivity index (χ0) is 14.4. The molecule has 0 radical (unpaired) electrons. The quantitative estimate of drug-likeness (QED) is 0.609. The third-order valence-electron chi connectivity index (χ3n) is 3.65. The number of pyridine rings is 1. The van der Waals surface area contributed by atoms with Gasteiger partial charge in [0.25, 0.3) is 5.91 Å². The normalized spacial score (nSPS) is 21.3. The van der Waals surface area contributed by atoms with Crippen LogP contribution in [0, 0.1) is 0 Å². The van der Waals surface area contributed by atoms with E-state index in [4.69, 9.17) is 5.11 Å². The SMILES string of the molecule is O=C(O)c1cn2c(c(O)c1=O)C(=O)N1CCCNC1C2. The Morgan fingerprint density at radius 2 is 2.15 bits per heavy atom. The van der Waals surface area contributed by atoms with Crippen molar-refractivity contribution in [1.29, 1.82) is 0 Å². The lowest BCUT2D eigenvalue weighted by atomic mass is 10.1. The predicted octanol–water partition coefficient (Wildman–Crippen LogP) is -0.973. The van der Waals surface area contributed by atoms with Gasteiger partial charge in [-0.1, -0.05) is 0 Å². The first-order valence-electron chi connectivity index (χ1n) is 6.24. The van der Waals surface area contributed by atoms with E-state index in [-0.39, 0.29) is 11.9 Å². The van der Waals surface area contributed by atoms with Crippen LogP contribution in [0.3, 0.4) is 0 Å². The number of amides is 1. The Morgan fingerprint density at radius 1 is 1.40 bits per heavy atom. The summed E-state index contributed by atoms with van der Waals surface area (Å²) in [5.41, 5.74) is -1.70. The van der Waals surface area contributed by atoms with Crippen molar-refractivity contribution in [1.82, 2.24) is 14.8 Å². The second-order valence-corrected chi connectivity index (χ2v) is 4.85. The third kappa shape index (κ3) is 1.68. The standard InChI is InChI=1S/C12H13N3O5/c16-9-6(12(19)20)4-14-5-7-13-2-1-3-15(7)11(18)8(14)10(9)17/h4,7,13,17H,1-3,5H2,(H,19,20). The largest absolute Gasteiger partial charge is 0.503 e. The van der Waals surface area contributed by atoms with Gasteiger partial charge in [-0.15, -0.1) is 0 Å². The molecule has 0 aromatic carbocycles. The molecule has 8 nitrogen and oxygen atoms in total. The number of fused-ring (bicyclic) bond motifs is 2. The van der Waals surface area contributed by atoms with Gasteiger partial charge in [0.15, 0.2) is 11.4 Å². The van der Waals surface area contributed by atoms with Gasteiger partial charge in [-0.25, -0.2) is 4.79 Å². The maximum atomic E-state index is 12.3. The maximum absolute atomic E-state index is 12.3. The van der Waals surface area contributed by atoms with E-state index in [9.17, 15) is 19.5 Å². The molecular formula is C12H13N3O5. The van der Waals surface area contributed by atoms with Crippen molar-refractivity contribution in [3.8, 4) is 5.75 Å². The minimum atomic E-state index is -1.42. The minimum absolute atomic E-state index is 0.139. The molecule has 8 heteroatoms. The molecule has 2 aliphatic rings. The fourth-order valence-electron chi connectivity index (χ4n) is 2.68. The highest BCUT2D eigenvalue weighted by Crippen LogP contribution is 2.24. The molecule has 0 saturated carbocycles. The van der Waals surface area contributed by atoms with Crippen molar-refractivity contribution in [3.05, 3.63) is 27.7 Å². The van der Waals surface area contributed by atoms with Crippen molar-refractivity contribution >= 4 is 11.9 Å². The van der Waals surface area contributed by atoms with E-state index in [1.165, 1.54) is 4.57 Å². The minimum Gasteiger partial charge on any atom is -0.503 e. The fourth-order valence-corrected chi connectivity index (χ4v) is 2.68. The molecule has 1 atom stereocenters. The number of hydrogen-bond donors (Lipinski definition) is 3. The summed E-state index contributed by atoms with van der Waals surface area (Å²) in [6, 6.07) is 0. The van der Waals surface area contributed by atoms with Crippen LogP contribution in [-0.4, -0.2) is 50.8 Å². The van der Waals surface area contributed by atoms with Crippen molar-refractivity contribution in [2.45, 2.75) is 19.1 Å². The van der Waals surface area contributed by atoms with E-state index < -0.39 is 28.6 Å². The molecule has 1 aromatic heterocycles. The zero-order valence-electron chi connectivity index (χ0n) is 10.5. The first-order chi connectivity index (χ1) is 9.50. The summed E-state index contributed by atoms with van der Waals surface area (Å²) in [4.78, 5) is 36.6. The zero-order valence-corrected chi connectivity index (χ0v) is 10.5. The highest BCUT2D eigenvalue weighted by atomic mass is 16.4. The molecule has 1 fully saturated rings. The Balaban J connectivity index is 2.18. The fraction of sp³-hybridized carbons (Fsp3) is 0.417. The van der Waals surface area contributed by atoms with Gasteiger partial charge in [0.2, 0.25) is 5.43 Å². The lowest BCUT2D eigenvalue weighted by Crippen LogP contribution is -2.59. The van der Waals surface area contributed by atoms with Crippen LogP contribution in [0.2, 0.25) is 0 Å². The van der Waals surface area contributed by atoms with Crippen LogP contribution in [0.1, 0.15) is 27.3 Å². The summed E-state index contributed by atoms with van der Waals surface area (Å²) in [6.45, 7) is 1.61. The molecule has 1 amide bonds. The Morgan fingerprint density at radius 3 is 2.85 bits per heavy atom. The number of nitrogens with one attached hydrogen (secondary N) is 1. The van der Waals surface area contributed by atoms with Crippen LogP contribution in [-0.2, 0) is 6.54 Å². The molecule has 106 valence electrons. The highest BCUT2D eigenvalue weighted by Gasteiger charge is 2.37. The number of aromatic nitrogens is 1. The van der Waals surface area contributed by atoms with E-state index in [0.29, 0.717) is 13.1 Å². The van der Waals surface area contributed by atoms with E-state index >= 15 is 0 Å². The molecule has 3 N–H and O–H groups in total. The van der Waals surface area contributed by atoms with Gasteiger partial charge in [0.05, 0.1) is 6.54 Å². The van der Waals surface area contributed by atoms with Crippen molar-refractivity contribution < 1.29 is 19.8 Å². The Kier molecular flexibility index (Phi) is 2.75. The highest BCUT2D eigenvalue weighted by molar-refractivity contribution is 5.97. The monoisotopic (exact) mass is 279 g/mol. The number of aromatic carboxylic acids is 1. The second-order valence-electron chi connectivity index (χ2n) is 4.85. The van der Waals surface area contributed by atoms with Crippen LogP contribution in [0.4, 0.5) is 0 Å². The van der Waals surface area contributed by atoms with Gasteiger partial charge in [0.1, 0.15) is 11.7 Å². The lowest BCUT2D eigenvalue weighted by molar-refractivity contribution is 0.0459. The van der Waals surface area contributed by atoms with Gasteiger partial charge in [-0.3, -0.25) is 14.9 Å². The number of carboxylic acid groups (broad SMARTS) is 1. The number of hydrogen-bond acceptors (Lipinski definition) is 5. The summed E-state index contributed by atoms with van der Waals surface area (Å²) in [5, 5.41) is 22.0. The van der Waals surface area contributed by atoms with Crippen LogP contribution >= 0.6 is 0 Å². The molecule has 1 aromatic rings. The van der Waals surface area contributed by atoms with Crippen LogP contribution in [0.15, 0.2) is 11.0 Å². The van der Waals surface area contributed by atoms with E-state index in [1.54, 1.807) is 4.90 Å². The van der Waals surface area contributed by atoms with E-state index in [0.717, 1.165) is 19.2 Å². The maximum Gasteiger partial charge on any atom is 0.341 e. The number of carboxylic acids is 1. The molecule has 1 unspecified atom stereocenters. The number of aromatic hydroxyl groups is 1. The summed E-state index contributed by atoms with van der Waals surface area (Å²) in [5.74, 6) is -2.68. The van der Waals surface area contributed by atoms with Gasteiger partial charge < -0.3 is 19.7 Å². The smallest absolute Gasteiger partial charge is 0.341 e. The molecule has 0 bridgehead atoms. The summed E-state index contributed by atoms with van der Waals surface area (Å²) < 4.78 is 1.34. The first kappa shape index (κ1) is 12.7. The molecule has 0 spiro atoms. The Bertz CT molecular complexity index is 666. The topological polar surface area (TPSA) is 112 Å². The first-order valence-corrected chi connectivity index (χ1v) is 6.24. The number of carbonyl (C=O) groups is 2. The van der Waals surface area contributed by atoms with E-state index in [2.05, 4.69) is 5.32 Å². The van der Waals surface area contributed by atoms with Crippen LogP contribution < -0.4 is 10.7 Å². The molecule has 1 saturated heterocycles. The van der Waals surface area contributed by atoms with Gasteiger partial charge >= 0.3 is 5.97 Å². The lowest BCUT2D eigenvalue weighted by Gasteiger charge is -2.41. The molecule has 0 aliphatic carbocycles. The van der Waals surface area contributed by atoms with Gasteiger partial charge in [0, 0.05) is 12.7 Å². The second kappa shape index (κ2) is 4.34. The van der Waals surface area contributed by atoms with Crippen LogP contribution in [0.25, 0.3) is 0 Å². The van der Waals surface area contributed by atoms with E-state index in [1.807, 2.05) is 0 Å². The molecule has 2 aliphatic heterocycles. The average molecular weight is 279 g/mol. The Labute approximate surface area is 113 Å². The molecular weight excluding hydrogens is 266 g/mol. The number of carbonyl (C=O) groups excluding carboxylic acids is 1. The van der Waals surface area contributed by atoms with Crippen molar-refractivity contribution in [2.75, 3.05) is 13.1 Å². The third-order valence-corrected chi connectivity index (χ3v) is 3.65. The number of nitrogens with zero attached hydrogens (tertiary/aromatic N) is 2. The summed E-state index contributed by atoms with van der Waals surface area (Å²) in [7, 11) is 0. The van der Waals surface area contributed by atoms with Gasteiger partial charge in [-0.05, 0) is 13.0 Å².